The van der Waals surface area contributed by atoms with Crippen LogP contribution in [0.1, 0.15) is 21.7 Å². The van der Waals surface area contributed by atoms with Crippen molar-refractivity contribution in [3.05, 3.63) is 83.7 Å². The van der Waals surface area contributed by atoms with Crippen molar-refractivity contribution in [3.63, 3.8) is 0 Å². The van der Waals surface area contributed by atoms with Crippen LogP contribution in [0.2, 0.25) is 0 Å². The molecular formula is C20H17FN2O3. The Kier molecular flexibility index (Phi) is 5.12. The third kappa shape index (κ3) is 4.16. The molecule has 132 valence electrons. The van der Waals surface area contributed by atoms with Gasteiger partial charge in [0.05, 0.1) is 5.56 Å². The summed E-state index contributed by atoms with van der Waals surface area (Å²) in [5.74, 6) is 0.250. The van der Waals surface area contributed by atoms with Crippen LogP contribution in [0.25, 0.3) is 6.08 Å². The summed E-state index contributed by atoms with van der Waals surface area (Å²) in [6.07, 6.45) is 6.33. The number of hydrogen-bond acceptors (Lipinski definition) is 4. The predicted molar refractivity (Wildman–Crippen MR) is 95.4 cm³/mol. The number of carbonyl (C=O) groups is 1. The van der Waals surface area contributed by atoms with Gasteiger partial charge in [0.1, 0.15) is 29.7 Å². The van der Waals surface area contributed by atoms with Crippen LogP contribution in [-0.2, 0) is 13.7 Å². The number of ether oxygens (including phenoxy) is 1. The number of phenols is 1. The maximum atomic E-state index is 12.9. The van der Waals surface area contributed by atoms with Gasteiger partial charge in [-0.1, -0.05) is 12.1 Å². The first-order valence-corrected chi connectivity index (χ1v) is 7.93. The zero-order valence-corrected chi connectivity index (χ0v) is 14.1. The van der Waals surface area contributed by atoms with Crippen molar-refractivity contribution in [1.29, 1.82) is 0 Å². The van der Waals surface area contributed by atoms with E-state index in [0.29, 0.717) is 11.6 Å². The molecule has 26 heavy (non-hydrogen) atoms. The summed E-state index contributed by atoms with van der Waals surface area (Å²) >= 11 is 0. The third-order valence-electron chi connectivity index (χ3n) is 3.79. The number of rotatable bonds is 6. The molecule has 1 aromatic heterocycles. The molecule has 6 heteroatoms. The van der Waals surface area contributed by atoms with E-state index >= 15 is 0 Å². The Labute approximate surface area is 150 Å². The highest BCUT2D eigenvalue weighted by molar-refractivity contribution is 6.08. The van der Waals surface area contributed by atoms with E-state index in [1.165, 1.54) is 30.3 Å². The number of nitrogens with zero attached hydrogens (tertiary/aromatic N) is 2. The van der Waals surface area contributed by atoms with Crippen LogP contribution in [0.15, 0.2) is 60.9 Å². The summed E-state index contributed by atoms with van der Waals surface area (Å²) in [7, 11) is 1.82. The second-order valence-electron chi connectivity index (χ2n) is 5.69. The van der Waals surface area contributed by atoms with E-state index in [0.717, 1.165) is 5.56 Å². The summed E-state index contributed by atoms with van der Waals surface area (Å²) in [5, 5.41) is 9.96. The third-order valence-corrected chi connectivity index (χ3v) is 3.79. The fourth-order valence-electron chi connectivity index (χ4n) is 2.33. The topological polar surface area (TPSA) is 64.4 Å². The minimum atomic E-state index is -0.363. The van der Waals surface area contributed by atoms with E-state index in [1.807, 2.05) is 7.05 Å². The van der Waals surface area contributed by atoms with Crippen LogP contribution in [0.5, 0.6) is 11.5 Å². The zero-order chi connectivity index (χ0) is 18.5. The molecule has 5 nitrogen and oxygen atoms in total. The lowest BCUT2D eigenvalue weighted by Gasteiger charge is -2.08. The van der Waals surface area contributed by atoms with E-state index in [4.69, 9.17) is 4.74 Å². The molecule has 3 aromatic rings. The van der Waals surface area contributed by atoms with Crippen LogP contribution < -0.4 is 4.74 Å². The SMILES string of the molecule is Cn1ccnc1C=CC(=O)c1cc(OCc2ccc(F)cc2)ccc1O. The number of aryl methyl sites for hydroxylation is 1. The molecule has 0 spiro atoms. The van der Waals surface area contributed by atoms with Gasteiger partial charge in [-0.15, -0.1) is 0 Å². The molecule has 0 saturated heterocycles. The van der Waals surface area contributed by atoms with Gasteiger partial charge in [0.2, 0.25) is 0 Å². The Morgan fingerprint density at radius 1 is 1.27 bits per heavy atom. The molecule has 0 aliphatic rings. The Balaban J connectivity index is 1.72. The van der Waals surface area contributed by atoms with Gasteiger partial charge >= 0.3 is 0 Å². The second-order valence-corrected chi connectivity index (χ2v) is 5.69. The number of halogens is 1. The Morgan fingerprint density at radius 3 is 2.73 bits per heavy atom. The van der Waals surface area contributed by atoms with Crippen molar-refractivity contribution in [2.45, 2.75) is 6.61 Å². The Morgan fingerprint density at radius 2 is 2.04 bits per heavy atom. The number of ketones is 1. The minimum absolute atomic E-state index is 0.131. The maximum absolute atomic E-state index is 12.9. The number of imidazole rings is 1. The molecule has 0 fully saturated rings. The number of hydrogen-bond donors (Lipinski definition) is 1. The van der Waals surface area contributed by atoms with Gasteiger partial charge in [-0.3, -0.25) is 4.79 Å². The fraction of sp³-hybridized carbons (Fsp3) is 0.100. The van der Waals surface area contributed by atoms with E-state index in [1.54, 1.807) is 41.2 Å². The van der Waals surface area contributed by atoms with E-state index in [2.05, 4.69) is 4.98 Å². The van der Waals surface area contributed by atoms with Crippen molar-refractivity contribution in [3.8, 4) is 11.5 Å². The lowest BCUT2D eigenvalue weighted by atomic mass is 10.1. The maximum Gasteiger partial charge on any atom is 0.189 e. The van der Waals surface area contributed by atoms with Crippen molar-refractivity contribution in [2.75, 3.05) is 0 Å². The van der Waals surface area contributed by atoms with Crippen LogP contribution in [0.4, 0.5) is 4.39 Å². The molecule has 3 rings (SSSR count). The van der Waals surface area contributed by atoms with Crippen LogP contribution >= 0.6 is 0 Å². The van der Waals surface area contributed by atoms with E-state index in [9.17, 15) is 14.3 Å². The number of allylic oxidation sites excluding steroid dienone is 1. The number of benzene rings is 2. The normalized spacial score (nSPS) is 11.0. The summed E-state index contributed by atoms with van der Waals surface area (Å²) in [6.45, 7) is 0.224. The molecule has 0 atom stereocenters. The molecule has 2 aromatic carbocycles. The van der Waals surface area contributed by atoms with Crippen molar-refractivity contribution in [1.82, 2.24) is 9.55 Å². The van der Waals surface area contributed by atoms with Gasteiger partial charge in [0.25, 0.3) is 0 Å². The average molecular weight is 352 g/mol. The molecular weight excluding hydrogens is 335 g/mol. The summed E-state index contributed by atoms with van der Waals surface area (Å²) < 4.78 is 20.3. The molecule has 1 N–H and O–H groups in total. The number of aromatic nitrogens is 2. The highest BCUT2D eigenvalue weighted by atomic mass is 19.1. The number of phenolic OH excluding ortho intramolecular Hbond substituents is 1. The predicted octanol–water partition coefficient (Wildman–Crippen LogP) is 3.74. The first kappa shape index (κ1) is 17.4. The molecule has 0 aliphatic carbocycles. The van der Waals surface area contributed by atoms with Gasteiger partial charge in [0, 0.05) is 19.4 Å². The Bertz CT molecular complexity index is 946. The highest BCUT2D eigenvalue weighted by Gasteiger charge is 2.11. The smallest absolute Gasteiger partial charge is 0.189 e. The zero-order valence-electron chi connectivity index (χ0n) is 14.1. The van der Waals surface area contributed by atoms with Gasteiger partial charge in [-0.2, -0.15) is 0 Å². The van der Waals surface area contributed by atoms with Crippen LogP contribution in [-0.4, -0.2) is 20.4 Å². The molecule has 1 heterocycles. The van der Waals surface area contributed by atoms with Gasteiger partial charge in [-0.05, 0) is 48.0 Å². The quantitative estimate of drug-likeness (QED) is 0.542. The summed E-state index contributed by atoms with van der Waals surface area (Å²) in [6, 6.07) is 10.4. The first-order chi connectivity index (χ1) is 12.5. The monoisotopic (exact) mass is 352 g/mol. The standard InChI is InChI=1S/C20H17FN2O3/c1-23-11-10-22-20(23)9-8-19(25)17-12-16(6-7-18(17)24)26-13-14-2-4-15(21)5-3-14/h2-12,24H,13H2,1H3. The largest absolute Gasteiger partial charge is 0.507 e. The van der Waals surface area contributed by atoms with Gasteiger partial charge < -0.3 is 14.4 Å². The van der Waals surface area contributed by atoms with Crippen molar-refractivity contribution >= 4 is 11.9 Å². The highest BCUT2D eigenvalue weighted by Crippen LogP contribution is 2.24. The van der Waals surface area contributed by atoms with Crippen LogP contribution in [0, 0.1) is 5.82 Å². The summed E-state index contributed by atoms with van der Waals surface area (Å²) in [5.41, 5.74) is 0.925. The second kappa shape index (κ2) is 7.65. The lowest BCUT2D eigenvalue weighted by Crippen LogP contribution is -1.99. The molecule has 0 radical (unpaired) electrons. The van der Waals surface area contributed by atoms with Gasteiger partial charge in [0.15, 0.2) is 5.78 Å². The first-order valence-electron chi connectivity index (χ1n) is 7.93. The lowest BCUT2D eigenvalue weighted by molar-refractivity contribution is 0.104. The van der Waals surface area contributed by atoms with E-state index < -0.39 is 0 Å². The molecule has 0 unspecified atom stereocenters. The number of carbonyl (C=O) groups excluding carboxylic acids is 1. The number of aromatic hydroxyl groups is 1. The molecule has 0 amide bonds. The van der Waals surface area contributed by atoms with Crippen LogP contribution in [0.3, 0.4) is 0 Å². The molecule has 0 bridgehead atoms. The Hall–Kier alpha value is -3.41. The molecule has 0 aliphatic heterocycles. The van der Waals surface area contributed by atoms with E-state index in [-0.39, 0.29) is 29.5 Å². The van der Waals surface area contributed by atoms with Gasteiger partial charge in [-0.25, -0.2) is 9.37 Å². The van der Waals surface area contributed by atoms with Crippen molar-refractivity contribution < 1.29 is 19.0 Å². The summed E-state index contributed by atoms with van der Waals surface area (Å²) in [4.78, 5) is 16.5. The average Bonchev–Trinajstić information content (AvgIpc) is 3.05. The molecule has 0 saturated carbocycles. The minimum Gasteiger partial charge on any atom is -0.507 e. The fourth-order valence-corrected chi connectivity index (χ4v) is 2.33. The van der Waals surface area contributed by atoms with Crippen molar-refractivity contribution in [2.24, 2.45) is 7.05 Å².